The second kappa shape index (κ2) is 7.81. The van der Waals surface area contributed by atoms with Crippen LogP contribution in [0, 0.1) is 0 Å². The summed E-state index contributed by atoms with van der Waals surface area (Å²) in [6, 6.07) is 12.3. The average Bonchev–Trinajstić information content (AvgIpc) is 3.55. The van der Waals surface area contributed by atoms with Crippen molar-refractivity contribution in [2.24, 2.45) is 5.73 Å². The topological polar surface area (TPSA) is 121 Å². The van der Waals surface area contributed by atoms with Crippen LogP contribution in [0.3, 0.4) is 0 Å². The summed E-state index contributed by atoms with van der Waals surface area (Å²) in [5.41, 5.74) is 11.4. The van der Waals surface area contributed by atoms with E-state index in [1.165, 1.54) is 6.42 Å². The highest BCUT2D eigenvalue weighted by atomic mass is 15.1. The molecule has 1 saturated heterocycles. The molecule has 8 heteroatoms. The van der Waals surface area contributed by atoms with E-state index in [0.29, 0.717) is 6.04 Å². The third-order valence-corrected chi connectivity index (χ3v) is 5.44. The fourth-order valence-corrected chi connectivity index (χ4v) is 3.73. The van der Waals surface area contributed by atoms with Gasteiger partial charge in [-0.2, -0.15) is 0 Å². The Bertz CT molecular complexity index is 1120. The smallest absolute Gasteiger partial charge is 0.123 e. The first-order valence-electron chi connectivity index (χ1n) is 10.2. The molecule has 0 unspecified atom stereocenters. The molecule has 3 aromatic heterocycles. The zero-order chi connectivity index (χ0) is 20.5. The first-order chi connectivity index (χ1) is 14.7. The number of rotatable bonds is 5. The van der Waals surface area contributed by atoms with Crippen LogP contribution in [0.1, 0.15) is 43.5 Å². The maximum absolute atomic E-state index is 5.87. The molecule has 2 atom stereocenters. The minimum atomic E-state index is -0.118. The van der Waals surface area contributed by atoms with E-state index in [1.54, 1.807) is 0 Å². The Morgan fingerprint density at radius 1 is 0.900 bits per heavy atom. The minimum Gasteiger partial charge on any atom is -0.341 e. The molecule has 0 amide bonds. The Kier molecular flexibility index (Phi) is 4.86. The van der Waals surface area contributed by atoms with Gasteiger partial charge in [0.05, 0.1) is 41.6 Å². The van der Waals surface area contributed by atoms with Gasteiger partial charge < -0.3 is 21.0 Å². The summed E-state index contributed by atoms with van der Waals surface area (Å²) in [6.07, 6.45) is 5.93. The highest BCUT2D eigenvalue weighted by molar-refractivity contribution is 5.67. The van der Waals surface area contributed by atoms with Gasteiger partial charge in [0.1, 0.15) is 17.3 Å². The van der Waals surface area contributed by atoms with E-state index >= 15 is 0 Å². The fraction of sp³-hybridized carbons (Fsp3) is 0.273. The molecule has 5 N–H and O–H groups in total. The van der Waals surface area contributed by atoms with Crippen LogP contribution in [-0.4, -0.2) is 36.7 Å². The van der Waals surface area contributed by atoms with Gasteiger partial charge >= 0.3 is 0 Å². The fourth-order valence-electron chi connectivity index (χ4n) is 3.73. The maximum atomic E-state index is 5.87. The van der Waals surface area contributed by atoms with E-state index in [2.05, 4.69) is 35.5 Å². The van der Waals surface area contributed by atoms with Crippen molar-refractivity contribution in [3.63, 3.8) is 0 Å². The number of aromatic amines is 2. The molecule has 0 radical (unpaired) electrons. The quantitative estimate of drug-likeness (QED) is 0.407. The molecule has 152 valence electrons. The number of nitrogens with two attached hydrogens (primary N) is 1. The summed E-state index contributed by atoms with van der Waals surface area (Å²) < 4.78 is 0. The average molecular weight is 400 g/mol. The summed E-state index contributed by atoms with van der Waals surface area (Å²) in [6.45, 7) is 2.95. The SMILES string of the molecule is C[C@H](N)c1ncc(-c2ccc(-c3ccc(-c4cnc([C@@H]5CCCN5)[nH]4)nn3)cc2)[nH]1. The number of hydrogen-bond donors (Lipinski definition) is 4. The Morgan fingerprint density at radius 3 is 2.30 bits per heavy atom. The van der Waals surface area contributed by atoms with Gasteiger partial charge in [-0.15, -0.1) is 10.2 Å². The number of hydrogen-bond acceptors (Lipinski definition) is 6. The highest BCUT2D eigenvalue weighted by Crippen LogP contribution is 2.26. The van der Waals surface area contributed by atoms with Gasteiger partial charge in [0.15, 0.2) is 0 Å². The summed E-state index contributed by atoms with van der Waals surface area (Å²) >= 11 is 0. The predicted octanol–water partition coefficient (Wildman–Crippen LogP) is 3.37. The van der Waals surface area contributed by atoms with Crippen molar-refractivity contribution in [1.82, 2.24) is 35.5 Å². The number of nitrogens with zero attached hydrogens (tertiary/aromatic N) is 4. The second-order valence-corrected chi connectivity index (χ2v) is 7.68. The minimum absolute atomic E-state index is 0.118. The Hall–Kier alpha value is -3.36. The van der Waals surface area contributed by atoms with E-state index in [-0.39, 0.29) is 6.04 Å². The monoisotopic (exact) mass is 400 g/mol. The summed E-state index contributed by atoms with van der Waals surface area (Å²) in [5.74, 6) is 1.75. The Morgan fingerprint density at radius 2 is 1.63 bits per heavy atom. The van der Waals surface area contributed by atoms with Crippen molar-refractivity contribution >= 4 is 0 Å². The van der Waals surface area contributed by atoms with E-state index < -0.39 is 0 Å². The van der Waals surface area contributed by atoms with Crippen LogP contribution in [0.5, 0.6) is 0 Å². The van der Waals surface area contributed by atoms with E-state index in [0.717, 1.165) is 58.5 Å². The van der Waals surface area contributed by atoms with E-state index in [1.807, 2.05) is 55.7 Å². The molecule has 1 aliphatic rings. The van der Waals surface area contributed by atoms with Crippen molar-refractivity contribution < 1.29 is 0 Å². The van der Waals surface area contributed by atoms with Gasteiger partial charge in [0, 0.05) is 5.56 Å². The first-order valence-corrected chi connectivity index (χ1v) is 10.2. The number of nitrogens with one attached hydrogen (secondary N) is 3. The molecule has 4 heterocycles. The van der Waals surface area contributed by atoms with E-state index in [4.69, 9.17) is 5.73 Å². The van der Waals surface area contributed by atoms with Crippen molar-refractivity contribution in [2.75, 3.05) is 6.54 Å². The number of benzene rings is 1. The molecule has 5 rings (SSSR count). The van der Waals surface area contributed by atoms with Gasteiger partial charge in [-0.25, -0.2) is 9.97 Å². The predicted molar refractivity (Wildman–Crippen MR) is 115 cm³/mol. The normalized spacial score (nSPS) is 17.3. The van der Waals surface area contributed by atoms with Crippen LogP contribution >= 0.6 is 0 Å². The van der Waals surface area contributed by atoms with Crippen LogP contribution in [0.2, 0.25) is 0 Å². The Balaban J connectivity index is 1.32. The van der Waals surface area contributed by atoms with Crippen LogP contribution in [0.25, 0.3) is 33.9 Å². The van der Waals surface area contributed by atoms with Gasteiger partial charge in [-0.05, 0) is 44.0 Å². The molecular weight excluding hydrogens is 376 g/mol. The molecule has 4 aromatic rings. The molecule has 1 fully saturated rings. The largest absolute Gasteiger partial charge is 0.341 e. The molecule has 0 saturated carbocycles. The van der Waals surface area contributed by atoms with Gasteiger partial charge in [-0.1, -0.05) is 24.3 Å². The van der Waals surface area contributed by atoms with Gasteiger partial charge in [0.2, 0.25) is 0 Å². The van der Waals surface area contributed by atoms with Crippen LogP contribution in [-0.2, 0) is 0 Å². The molecule has 0 spiro atoms. The lowest BCUT2D eigenvalue weighted by atomic mass is 10.1. The molecule has 0 bridgehead atoms. The molecule has 30 heavy (non-hydrogen) atoms. The zero-order valence-electron chi connectivity index (χ0n) is 16.8. The summed E-state index contributed by atoms with van der Waals surface area (Å²) in [4.78, 5) is 15.5. The molecular formula is C22H24N8. The first kappa shape index (κ1) is 18.7. The third-order valence-electron chi connectivity index (χ3n) is 5.44. The van der Waals surface area contributed by atoms with Crippen molar-refractivity contribution in [3.05, 3.63) is 60.4 Å². The summed E-state index contributed by atoms with van der Waals surface area (Å²) in [7, 11) is 0. The van der Waals surface area contributed by atoms with Crippen LogP contribution in [0.4, 0.5) is 0 Å². The van der Waals surface area contributed by atoms with Crippen LogP contribution < -0.4 is 11.1 Å². The van der Waals surface area contributed by atoms with Crippen molar-refractivity contribution in [2.45, 2.75) is 31.8 Å². The lowest BCUT2D eigenvalue weighted by molar-refractivity contribution is 0.613. The second-order valence-electron chi connectivity index (χ2n) is 7.68. The van der Waals surface area contributed by atoms with Gasteiger partial charge in [-0.3, -0.25) is 0 Å². The molecule has 8 nitrogen and oxygen atoms in total. The van der Waals surface area contributed by atoms with E-state index in [9.17, 15) is 0 Å². The number of aromatic nitrogens is 6. The number of H-pyrrole nitrogens is 2. The third kappa shape index (κ3) is 3.62. The summed E-state index contributed by atoms with van der Waals surface area (Å²) in [5, 5.41) is 12.3. The molecule has 1 aromatic carbocycles. The lowest BCUT2D eigenvalue weighted by Gasteiger charge is -2.05. The van der Waals surface area contributed by atoms with Gasteiger partial charge in [0.25, 0.3) is 0 Å². The van der Waals surface area contributed by atoms with Crippen molar-refractivity contribution in [1.29, 1.82) is 0 Å². The lowest BCUT2D eigenvalue weighted by Crippen LogP contribution is -2.14. The Labute approximate surface area is 174 Å². The number of imidazole rings is 2. The highest BCUT2D eigenvalue weighted by Gasteiger charge is 2.19. The van der Waals surface area contributed by atoms with Crippen LogP contribution in [0.15, 0.2) is 48.8 Å². The maximum Gasteiger partial charge on any atom is 0.123 e. The molecule has 0 aliphatic carbocycles. The standard InChI is InChI=1S/C22H24N8/c1-13(23)21-25-11-19(27-21)15-6-4-14(5-7-15)16-8-9-17(30-29-16)20-12-26-22(28-20)18-3-2-10-24-18/h4-9,11-13,18,24H,2-3,10,23H2,1H3,(H,25,27)(H,26,28)/t13-,18-/m0/s1. The zero-order valence-corrected chi connectivity index (χ0v) is 16.8. The molecule has 1 aliphatic heterocycles. The van der Waals surface area contributed by atoms with Crippen molar-refractivity contribution in [3.8, 4) is 33.9 Å².